The smallest absolute Gasteiger partial charge is 0.291 e. The van der Waals surface area contributed by atoms with E-state index in [-0.39, 0.29) is 5.91 Å². The second kappa shape index (κ2) is 5.29. The molecule has 1 N–H and O–H groups in total. The lowest BCUT2D eigenvalue weighted by molar-refractivity contribution is 0.0771. The van der Waals surface area contributed by atoms with Crippen molar-refractivity contribution in [3.05, 3.63) is 29.7 Å². The lowest BCUT2D eigenvalue weighted by atomic mass is 10.0. The summed E-state index contributed by atoms with van der Waals surface area (Å²) in [5.41, 5.74) is 2.16. The number of hydrogen-bond donors (Lipinski definition) is 1. The Morgan fingerprint density at radius 3 is 2.48 bits per heavy atom. The molecular formula is C15H19N7O. The van der Waals surface area contributed by atoms with Crippen LogP contribution >= 0.6 is 0 Å². The molecule has 2 aliphatic rings. The van der Waals surface area contributed by atoms with Crippen LogP contribution in [0.3, 0.4) is 0 Å². The molecule has 8 heteroatoms. The van der Waals surface area contributed by atoms with Gasteiger partial charge in [-0.15, -0.1) is 0 Å². The molecular weight excluding hydrogens is 294 g/mol. The number of fused-ring (bicyclic) bond motifs is 1. The third-order valence-electron chi connectivity index (χ3n) is 5.00. The number of aromatic amines is 1. The number of nitrogens with zero attached hydrogens (tertiary/aromatic N) is 6. The quantitative estimate of drug-likeness (QED) is 0.864. The van der Waals surface area contributed by atoms with Crippen molar-refractivity contribution in [1.82, 2.24) is 30.0 Å². The van der Waals surface area contributed by atoms with Gasteiger partial charge in [0.15, 0.2) is 0 Å². The van der Waals surface area contributed by atoms with Crippen molar-refractivity contribution in [2.24, 2.45) is 11.8 Å². The van der Waals surface area contributed by atoms with Crippen LogP contribution in [0, 0.1) is 25.7 Å². The molecule has 4 heterocycles. The monoisotopic (exact) mass is 313 g/mol. The van der Waals surface area contributed by atoms with Crippen LogP contribution in [0.25, 0.3) is 0 Å². The number of aromatic nitrogens is 5. The van der Waals surface area contributed by atoms with Gasteiger partial charge in [-0.1, -0.05) is 0 Å². The largest absolute Gasteiger partial charge is 0.356 e. The molecule has 4 rings (SSSR count). The molecule has 2 unspecified atom stereocenters. The van der Waals surface area contributed by atoms with Gasteiger partial charge in [0.2, 0.25) is 5.82 Å². The summed E-state index contributed by atoms with van der Waals surface area (Å²) in [5, 5.41) is 6.40. The summed E-state index contributed by atoms with van der Waals surface area (Å²) in [6, 6.07) is 0. The number of H-pyrrole nitrogens is 1. The highest BCUT2D eigenvalue weighted by Gasteiger charge is 2.42. The molecule has 0 aliphatic carbocycles. The maximum absolute atomic E-state index is 12.3. The number of amides is 1. The van der Waals surface area contributed by atoms with Gasteiger partial charge in [-0.3, -0.25) is 9.89 Å². The summed E-state index contributed by atoms with van der Waals surface area (Å²) in [4.78, 5) is 29.2. The Morgan fingerprint density at radius 1 is 1.09 bits per heavy atom. The normalized spacial score (nSPS) is 23.4. The third kappa shape index (κ3) is 2.34. The number of rotatable bonds is 2. The van der Waals surface area contributed by atoms with Gasteiger partial charge in [-0.25, -0.2) is 15.0 Å². The van der Waals surface area contributed by atoms with E-state index in [4.69, 9.17) is 0 Å². The van der Waals surface area contributed by atoms with Gasteiger partial charge in [0.1, 0.15) is 18.5 Å². The first-order chi connectivity index (χ1) is 11.1. The molecule has 8 nitrogen and oxygen atoms in total. The number of anilines is 1. The summed E-state index contributed by atoms with van der Waals surface area (Å²) in [6.45, 7) is 7.48. The highest BCUT2D eigenvalue weighted by Crippen LogP contribution is 2.34. The van der Waals surface area contributed by atoms with E-state index in [1.165, 1.54) is 6.33 Å². The predicted octanol–water partition coefficient (Wildman–Crippen LogP) is 0.420. The van der Waals surface area contributed by atoms with Crippen LogP contribution in [0.5, 0.6) is 0 Å². The summed E-state index contributed by atoms with van der Waals surface area (Å²) in [5.74, 6) is 2.26. The SMILES string of the molecule is Cc1ncnc(N2CC3CN(C(=O)c4ncn[nH]4)CC3C2)c1C. The van der Waals surface area contributed by atoms with E-state index in [2.05, 4.69) is 37.0 Å². The maximum atomic E-state index is 12.3. The minimum absolute atomic E-state index is 0.0579. The van der Waals surface area contributed by atoms with Crippen LogP contribution < -0.4 is 4.90 Å². The molecule has 0 aromatic carbocycles. The summed E-state index contributed by atoms with van der Waals surface area (Å²) < 4.78 is 0. The number of aryl methyl sites for hydroxylation is 1. The molecule has 120 valence electrons. The first-order valence-corrected chi connectivity index (χ1v) is 7.81. The van der Waals surface area contributed by atoms with Crippen LogP contribution in [0.2, 0.25) is 0 Å². The Bertz CT molecular complexity index is 715. The van der Waals surface area contributed by atoms with Crippen molar-refractivity contribution < 1.29 is 4.79 Å². The van der Waals surface area contributed by atoms with Crippen molar-refractivity contribution in [2.45, 2.75) is 13.8 Å². The summed E-state index contributed by atoms with van der Waals surface area (Å²) in [6.07, 6.45) is 3.00. The zero-order valence-corrected chi connectivity index (χ0v) is 13.2. The minimum Gasteiger partial charge on any atom is -0.356 e. The van der Waals surface area contributed by atoms with Gasteiger partial charge in [0.25, 0.3) is 5.91 Å². The van der Waals surface area contributed by atoms with E-state index in [1.807, 2.05) is 11.8 Å². The molecule has 0 radical (unpaired) electrons. The second-order valence-corrected chi connectivity index (χ2v) is 6.38. The maximum Gasteiger partial charge on any atom is 0.291 e. The molecule has 1 amide bonds. The van der Waals surface area contributed by atoms with E-state index < -0.39 is 0 Å². The van der Waals surface area contributed by atoms with Gasteiger partial charge >= 0.3 is 0 Å². The molecule has 2 atom stereocenters. The average Bonchev–Trinajstić information content (AvgIpc) is 3.24. The molecule has 0 saturated carbocycles. The summed E-state index contributed by atoms with van der Waals surface area (Å²) >= 11 is 0. The van der Waals surface area contributed by atoms with Gasteiger partial charge in [0, 0.05) is 49.3 Å². The third-order valence-corrected chi connectivity index (χ3v) is 5.00. The molecule has 2 aromatic heterocycles. The standard InChI is InChI=1S/C15H19N7O/c1-9-10(2)16-7-18-14(9)21-3-11-5-22(6-12(11)4-21)15(23)13-17-8-19-20-13/h7-8,11-12H,3-6H2,1-2H3,(H,17,19,20). The van der Waals surface area contributed by atoms with Crippen LogP contribution in [0.4, 0.5) is 5.82 Å². The van der Waals surface area contributed by atoms with Crippen molar-refractivity contribution in [3.8, 4) is 0 Å². The topological polar surface area (TPSA) is 90.9 Å². The predicted molar refractivity (Wildman–Crippen MR) is 83.0 cm³/mol. The van der Waals surface area contributed by atoms with E-state index in [0.717, 1.165) is 43.3 Å². The van der Waals surface area contributed by atoms with Gasteiger partial charge < -0.3 is 9.80 Å². The lowest BCUT2D eigenvalue weighted by Crippen LogP contribution is -2.34. The van der Waals surface area contributed by atoms with Gasteiger partial charge in [0.05, 0.1) is 0 Å². The highest BCUT2D eigenvalue weighted by molar-refractivity contribution is 5.90. The van der Waals surface area contributed by atoms with E-state index >= 15 is 0 Å². The molecule has 2 saturated heterocycles. The van der Waals surface area contributed by atoms with E-state index in [1.54, 1.807) is 6.33 Å². The Labute approximate surface area is 133 Å². The number of nitrogens with one attached hydrogen (secondary N) is 1. The van der Waals surface area contributed by atoms with E-state index in [0.29, 0.717) is 17.7 Å². The fourth-order valence-electron chi connectivity index (χ4n) is 3.63. The lowest BCUT2D eigenvalue weighted by Gasteiger charge is -2.23. The Hall–Kier alpha value is -2.51. The second-order valence-electron chi connectivity index (χ2n) is 6.38. The van der Waals surface area contributed by atoms with Crippen molar-refractivity contribution in [3.63, 3.8) is 0 Å². The zero-order chi connectivity index (χ0) is 16.0. The van der Waals surface area contributed by atoms with Crippen molar-refractivity contribution in [1.29, 1.82) is 0 Å². The van der Waals surface area contributed by atoms with Gasteiger partial charge in [-0.05, 0) is 13.8 Å². The first kappa shape index (κ1) is 14.1. The van der Waals surface area contributed by atoms with Crippen LogP contribution in [0.15, 0.2) is 12.7 Å². The Balaban J connectivity index is 1.46. The minimum atomic E-state index is -0.0579. The zero-order valence-electron chi connectivity index (χ0n) is 13.2. The number of hydrogen-bond acceptors (Lipinski definition) is 6. The number of likely N-dealkylation sites (tertiary alicyclic amines) is 1. The summed E-state index contributed by atoms with van der Waals surface area (Å²) in [7, 11) is 0. The molecule has 0 spiro atoms. The molecule has 23 heavy (non-hydrogen) atoms. The first-order valence-electron chi connectivity index (χ1n) is 7.81. The van der Waals surface area contributed by atoms with Gasteiger partial charge in [-0.2, -0.15) is 5.10 Å². The number of carbonyl (C=O) groups excluding carboxylic acids is 1. The Morgan fingerprint density at radius 2 is 1.83 bits per heavy atom. The fourth-order valence-corrected chi connectivity index (χ4v) is 3.63. The van der Waals surface area contributed by atoms with Crippen LogP contribution in [0.1, 0.15) is 21.9 Å². The number of carbonyl (C=O) groups is 1. The molecule has 0 bridgehead atoms. The fraction of sp³-hybridized carbons (Fsp3) is 0.533. The van der Waals surface area contributed by atoms with Crippen LogP contribution in [-0.4, -0.2) is 62.1 Å². The molecule has 2 aromatic rings. The average molecular weight is 313 g/mol. The van der Waals surface area contributed by atoms with Crippen molar-refractivity contribution in [2.75, 3.05) is 31.1 Å². The molecule has 2 fully saturated rings. The van der Waals surface area contributed by atoms with E-state index in [9.17, 15) is 4.79 Å². The van der Waals surface area contributed by atoms with Crippen molar-refractivity contribution >= 4 is 11.7 Å². The van der Waals surface area contributed by atoms with Crippen LogP contribution in [-0.2, 0) is 0 Å². The highest BCUT2D eigenvalue weighted by atomic mass is 16.2. The molecule has 2 aliphatic heterocycles. The Kier molecular flexibility index (Phi) is 3.24.